The number of fused-ring (bicyclic) bond motifs is 2. The fraction of sp³-hybridized carbons (Fsp3) is 0.395. The number of amides is 4. The number of methoxy groups -OCH3 is 2. The minimum absolute atomic E-state index is 0.129. The Bertz CT molecular complexity index is 1800. The van der Waals surface area contributed by atoms with Gasteiger partial charge in [-0.15, -0.1) is 0 Å². The van der Waals surface area contributed by atoms with Gasteiger partial charge in [-0.2, -0.15) is 5.10 Å². The maximum Gasteiger partial charge on any atom is 0.324 e. The van der Waals surface area contributed by atoms with Gasteiger partial charge in [0.1, 0.15) is 17.3 Å². The molecule has 0 saturated carbocycles. The van der Waals surface area contributed by atoms with E-state index in [1.807, 2.05) is 54.3 Å². The largest absolute Gasteiger partial charge is 0.495 e. The molecule has 2 atom stereocenters. The van der Waals surface area contributed by atoms with Crippen LogP contribution in [0.5, 0.6) is 11.5 Å². The number of carbonyl (C=O) groups is 2. The van der Waals surface area contributed by atoms with Crippen molar-refractivity contribution in [1.82, 2.24) is 14.7 Å². The molecule has 2 bridgehead atoms. The van der Waals surface area contributed by atoms with E-state index in [4.69, 9.17) is 26.2 Å². The number of hydrogen-bond acceptors (Lipinski definition) is 5. The number of aromatic nitrogens is 2. The topological polar surface area (TPSA) is 110 Å². The third kappa shape index (κ3) is 7.64. The number of urea groups is 2. The second-order valence-corrected chi connectivity index (χ2v) is 14.5. The molecule has 0 spiro atoms. The van der Waals surface area contributed by atoms with Crippen molar-refractivity contribution in [3.8, 4) is 17.2 Å². The number of anilines is 3. The normalized spacial score (nSPS) is 18.6. The Kier molecular flexibility index (Phi) is 9.79. The highest BCUT2D eigenvalue weighted by atomic mass is 35.5. The average Bonchev–Trinajstić information content (AvgIpc) is 3.61. The monoisotopic (exact) mass is 684 g/mol. The molecule has 2 saturated heterocycles. The second-order valence-electron chi connectivity index (χ2n) is 14.1. The first-order valence-electron chi connectivity index (χ1n) is 16.8. The van der Waals surface area contributed by atoms with Crippen LogP contribution < -0.4 is 25.4 Å². The van der Waals surface area contributed by atoms with Crippen LogP contribution in [-0.4, -0.2) is 53.0 Å². The number of hydrogen-bond donors (Lipinski definition) is 3. The van der Waals surface area contributed by atoms with Gasteiger partial charge in [-0.25, -0.2) is 14.3 Å². The quantitative estimate of drug-likeness (QED) is 0.172. The number of piperidine rings is 1. The van der Waals surface area contributed by atoms with Gasteiger partial charge in [-0.3, -0.25) is 5.32 Å². The summed E-state index contributed by atoms with van der Waals surface area (Å²) in [6, 6.07) is 21.3. The second kappa shape index (κ2) is 14.0. The van der Waals surface area contributed by atoms with Gasteiger partial charge in [0.25, 0.3) is 0 Å². The van der Waals surface area contributed by atoms with Gasteiger partial charge in [0, 0.05) is 35.3 Å². The van der Waals surface area contributed by atoms with Gasteiger partial charge in [-0.05, 0) is 80.8 Å². The van der Waals surface area contributed by atoms with E-state index in [2.05, 4.69) is 48.9 Å². The lowest BCUT2D eigenvalue weighted by molar-refractivity contribution is 0.131. The van der Waals surface area contributed by atoms with Crippen molar-refractivity contribution in [2.45, 2.75) is 77.3 Å². The molecule has 6 rings (SSSR count). The summed E-state index contributed by atoms with van der Waals surface area (Å²) in [5.41, 5.74) is 5.17. The highest BCUT2D eigenvalue weighted by Crippen LogP contribution is 2.42. The van der Waals surface area contributed by atoms with Crippen molar-refractivity contribution < 1.29 is 19.1 Å². The summed E-state index contributed by atoms with van der Waals surface area (Å²) >= 11 is 6.33. The van der Waals surface area contributed by atoms with Gasteiger partial charge in [0.15, 0.2) is 0 Å². The summed E-state index contributed by atoms with van der Waals surface area (Å²) in [7, 11) is 3.09. The Morgan fingerprint density at radius 2 is 1.53 bits per heavy atom. The van der Waals surface area contributed by atoms with Crippen molar-refractivity contribution in [3.63, 3.8) is 0 Å². The Hall–Kier alpha value is -4.70. The summed E-state index contributed by atoms with van der Waals surface area (Å²) < 4.78 is 12.5. The Morgan fingerprint density at radius 1 is 0.878 bits per heavy atom. The van der Waals surface area contributed by atoms with Crippen LogP contribution >= 0.6 is 11.6 Å². The first-order valence-corrected chi connectivity index (χ1v) is 17.1. The highest BCUT2D eigenvalue weighted by Gasteiger charge is 2.43. The minimum Gasteiger partial charge on any atom is -0.495 e. The van der Waals surface area contributed by atoms with E-state index < -0.39 is 0 Å². The third-order valence-corrected chi connectivity index (χ3v) is 9.81. The summed E-state index contributed by atoms with van der Waals surface area (Å²) in [4.78, 5) is 28.6. The number of benzene rings is 3. The number of nitrogens with one attached hydrogen (secondary N) is 3. The molecule has 49 heavy (non-hydrogen) atoms. The molecule has 3 N–H and O–H groups in total. The van der Waals surface area contributed by atoms with Crippen LogP contribution in [0.1, 0.15) is 63.3 Å². The summed E-state index contributed by atoms with van der Waals surface area (Å²) in [6.07, 6.45) is 4.79. The Balaban J connectivity index is 1.05. The number of nitrogens with zero attached hydrogens (tertiary/aromatic N) is 3. The number of halogens is 1. The standard InChI is InChI=1S/C38H45ClN6O4/c1-23-7-13-27(14-8-23)45-35(22-34(43-45)38(2,3)4)42-36(46)40-26-11-9-24(10-12-26)17-25-18-28-15-16-29(19-25)44(28)37(47)41-31-20-30(39)32(48-5)21-33(31)49-6/h7-14,20-22,25,28-29H,15-19H2,1-6H3,(H,41,47)(H2,40,42,46). The lowest BCUT2D eigenvalue weighted by atomic mass is 9.86. The third-order valence-electron chi connectivity index (χ3n) is 9.51. The summed E-state index contributed by atoms with van der Waals surface area (Å²) in [6.45, 7) is 8.34. The van der Waals surface area contributed by atoms with Crippen molar-refractivity contribution in [1.29, 1.82) is 0 Å². The fourth-order valence-corrected chi connectivity index (χ4v) is 7.22. The number of aryl methyl sites for hydroxylation is 1. The molecule has 2 fully saturated rings. The van der Waals surface area contributed by atoms with Crippen LogP contribution in [0.25, 0.3) is 5.69 Å². The maximum absolute atomic E-state index is 13.5. The fourth-order valence-electron chi connectivity index (χ4n) is 6.98. The van der Waals surface area contributed by atoms with Crippen molar-refractivity contribution in [2.24, 2.45) is 5.92 Å². The van der Waals surface area contributed by atoms with Crippen LogP contribution in [0.2, 0.25) is 5.02 Å². The first-order chi connectivity index (χ1) is 23.4. The zero-order valence-corrected chi connectivity index (χ0v) is 29.7. The number of rotatable bonds is 8. The van der Waals surface area contributed by atoms with E-state index in [1.165, 1.54) is 5.56 Å². The van der Waals surface area contributed by atoms with Crippen molar-refractivity contribution >= 4 is 40.9 Å². The van der Waals surface area contributed by atoms with E-state index in [0.29, 0.717) is 39.6 Å². The van der Waals surface area contributed by atoms with E-state index >= 15 is 0 Å². The average molecular weight is 685 g/mol. The summed E-state index contributed by atoms with van der Waals surface area (Å²) in [5.74, 6) is 2.05. The zero-order valence-electron chi connectivity index (χ0n) is 29.0. The van der Waals surface area contributed by atoms with Gasteiger partial charge in [-0.1, -0.05) is 62.2 Å². The SMILES string of the molecule is COc1cc(OC)c(NC(=O)N2C3CCC2CC(Cc2ccc(NC(=O)Nc4cc(C(C)(C)C)nn4-c4ccc(C)cc4)cc2)C3)cc1Cl. The van der Waals surface area contributed by atoms with Crippen LogP contribution in [0.3, 0.4) is 0 Å². The molecular weight excluding hydrogens is 640 g/mol. The Morgan fingerprint density at radius 3 is 2.14 bits per heavy atom. The van der Waals surface area contributed by atoms with E-state index in [-0.39, 0.29) is 29.6 Å². The first kappa shape index (κ1) is 34.2. The van der Waals surface area contributed by atoms with Gasteiger partial charge < -0.3 is 25.0 Å². The van der Waals surface area contributed by atoms with Crippen LogP contribution in [-0.2, 0) is 11.8 Å². The van der Waals surface area contributed by atoms with Gasteiger partial charge in [0.05, 0.1) is 36.3 Å². The predicted octanol–water partition coefficient (Wildman–Crippen LogP) is 8.81. The molecule has 4 amide bonds. The van der Waals surface area contributed by atoms with Crippen LogP contribution in [0.4, 0.5) is 26.8 Å². The number of ether oxygens (including phenoxy) is 2. The highest BCUT2D eigenvalue weighted by molar-refractivity contribution is 6.32. The zero-order chi connectivity index (χ0) is 34.9. The molecule has 11 heteroatoms. The predicted molar refractivity (Wildman–Crippen MR) is 195 cm³/mol. The van der Waals surface area contributed by atoms with Crippen molar-refractivity contribution in [2.75, 3.05) is 30.2 Å². The molecule has 0 radical (unpaired) electrons. The van der Waals surface area contributed by atoms with Crippen LogP contribution in [0, 0.1) is 12.8 Å². The molecule has 3 heterocycles. The molecular formula is C38H45ClN6O4. The van der Waals surface area contributed by atoms with E-state index in [9.17, 15) is 9.59 Å². The smallest absolute Gasteiger partial charge is 0.324 e. The molecule has 2 unspecified atom stereocenters. The molecule has 1 aromatic heterocycles. The summed E-state index contributed by atoms with van der Waals surface area (Å²) in [5, 5.41) is 14.2. The molecule has 4 aromatic rings. The van der Waals surface area contributed by atoms with Crippen molar-refractivity contribution in [3.05, 3.63) is 88.6 Å². The minimum atomic E-state index is -0.335. The molecule has 10 nitrogen and oxygen atoms in total. The number of carbonyl (C=O) groups excluding carboxylic acids is 2. The van der Waals surface area contributed by atoms with Gasteiger partial charge in [0.2, 0.25) is 0 Å². The molecule has 2 aliphatic heterocycles. The Labute approximate surface area is 293 Å². The van der Waals surface area contributed by atoms with E-state index in [0.717, 1.165) is 49.0 Å². The van der Waals surface area contributed by atoms with Crippen LogP contribution in [0.15, 0.2) is 66.7 Å². The van der Waals surface area contributed by atoms with Gasteiger partial charge >= 0.3 is 12.1 Å². The molecule has 0 aliphatic carbocycles. The lowest BCUT2D eigenvalue weighted by Crippen LogP contribution is -2.48. The molecule has 3 aromatic carbocycles. The maximum atomic E-state index is 13.5. The molecule has 258 valence electrons. The van der Waals surface area contributed by atoms with E-state index in [1.54, 1.807) is 31.0 Å². The molecule has 2 aliphatic rings. The lowest BCUT2D eigenvalue weighted by Gasteiger charge is -2.39.